The van der Waals surface area contributed by atoms with Gasteiger partial charge in [0.15, 0.2) is 17.5 Å². The molecule has 7 aromatic carbocycles. The lowest BCUT2D eigenvalue weighted by Crippen LogP contribution is -2.01. The quantitative estimate of drug-likeness (QED) is 0.179. The van der Waals surface area contributed by atoms with Gasteiger partial charge in [-0.15, -0.1) is 0 Å². The van der Waals surface area contributed by atoms with Crippen molar-refractivity contribution in [2.75, 3.05) is 0 Å². The third-order valence-electron chi connectivity index (χ3n) is 10.7. The van der Waals surface area contributed by atoms with E-state index >= 15 is 0 Å². The summed E-state index contributed by atoms with van der Waals surface area (Å²) >= 11 is 0. The van der Waals surface area contributed by atoms with Gasteiger partial charge in [0.1, 0.15) is 22.3 Å². The molecule has 10 aromatic rings. The van der Waals surface area contributed by atoms with Gasteiger partial charge in [0.05, 0.1) is 0 Å². The van der Waals surface area contributed by atoms with E-state index in [9.17, 15) is 0 Å². The molecule has 0 N–H and O–H groups in total. The van der Waals surface area contributed by atoms with Crippen LogP contribution < -0.4 is 0 Å². The molecule has 0 saturated carbocycles. The first-order chi connectivity index (χ1) is 26.8. The van der Waals surface area contributed by atoms with Gasteiger partial charge in [0.25, 0.3) is 0 Å². The molecule has 1 aliphatic rings. The highest BCUT2D eigenvalue weighted by Gasteiger charge is 2.22. The number of furan rings is 2. The number of aromatic nitrogens is 3. The minimum Gasteiger partial charge on any atom is -0.456 e. The Hall–Kier alpha value is -7.11. The molecule has 1 aliphatic carbocycles. The maximum Gasteiger partial charge on any atom is 0.164 e. The van der Waals surface area contributed by atoms with Gasteiger partial charge >= 0.3 is 0 Å². The summed E-state index contributed by atoms with van der Waals surface area (Å²) < 4.78 is 12.9. The van der Waals surface area contributed by atoms with E-state index in [2.05, 4.69) is 97.1 Å². The number of hydrogen-bond acceptors (Lipinski definition) is 5. The van der Waals surface area contributed by atoms with E-state index in [1.165, 1.54) is 5.57 Å². The van der Waals surface area contributed by atoms with Gasteiger partial charge in [-0.3, -0.25) is 0 Å². The monoisotopic (exact) mass is 693 g/mol. The Morgan fingerprint density at radius 1 is 0.407 bits per heavy atom. The predicted octanol–water partition coefficient (Wildman–Crippen LogP) is 13.2. The van der Waals surface area contributed by atoms with Crippen molar-refractivity contribution < 1.29 is 8.83 Å². The minimum atomic E-state index is 0.596. The number of benzene rings is 7. The standard InChI is InChI=1S/C49H31N3O2/c1-3-14-30(15-4-1)32-26-28-36(45-39-21-10-12-24-42(39)54-46(32)45)35-27-29-37(34-19-8-7-18-33(34)35)48-50-47(31-16-5-2-6-17-31)51-49(52-48)40-22-13-25-43-44(40)38-20-9-11-23-41(38)53-43/h1-3,5-14,16-29H,4,15H2. The van der Waals surface area contributed by atoms with E-state index in [0.717, 1.165) is 101 Å². The molecule has 54 heavy (non-hydrogen) atoms. The topological polar surface area (TPSA) is 65.0 Å². The molecule has 3 aromatic heterocycles. The molecule has 254 valence electrons. The van der Waals surface area contributed by atoms with Crippen LogP contribution in [0, 0.1) is 0 Å². The number of allylic oxidation sites excluding steroid dienone is 4. The molecule has 0 bridgehead atoms. The number of nitrogens with zero attached hydrogens (tertiary/aromatic N) is 3. The summed E-state index contributed by atoms with van der Waals surface area (Å²) in [6.07, 6.45) is 8.61. The van der Waals surface area contributed by atoms with Gasteiger partial charge in [-0.2, -0.15) is 0 Å². The largest absolute Gasteiger partial charge is 0.456 e. The molecule has 0 fully saturated rings. The van der Waals surface area contributed by atoms with E-state index < -0.39 is 0 Å². The molecule has 0 aliphatic heterocycles. The fourth-order valence-corrected chi connectivity index (χ4v) is 8.16. The second kappa shape index (κ2) is 12.2. The van der Waals surface area contributed by atoms with Crippen molar-refractivity contribution in [3.05, 3.63) is 169 Å². The van der Waals surface area contributed by atoms with E-state index in [-0.39, 0.29) is 0 Å². The van der Waals surface area contributed by atoms with Crippen LogP contribution in [0.2, 0.25) is 0 Å². The summed E-state index contributed by atoms with van der Waals surface area (Å²) in [7, 11) is 0. The Kier molecular flexibility index (Phi) is 6.92. The van der Waals surface area contributed by atoms with Crippen LogP contribution in [0.1, 0.15) is 18.4 Å². The van der Waals surface area contributed by atoms with Crippen molar-refractivity contribution in [2.24, 2.45) is 0 Å². The number of para-hydroxylation sites is 2. The molecule has 0 atom stereocenters. The molecule has 0 saturated heterocycles. The molecule has 0 unspecified atom stereocenters. The third kappa shape index (κ3) is 4.82. The Morgan fingerprint density at radius 2 is 1.00 bits per heavy atom. The average Bonchev–Trinajstić information content (AvgIpc) is 3.83. The lowest BCUT2D eigenvalue weighted by atomic mass is 9.89. The van der Waals surface area contributed by atoms with Crippen LogP contribution in [-0.2, 0) is 0 Å². The fourth-order valence-electron chi connectivity index (χ4n) is 8.16. The van der Waals surface area contributed by atoms with Crippen molar-refractivity contribution in [3.63, 3.8) is 0 Å². The first kappa shape index (κ1) is 30.5. The summed E-state index contributed by atoms with van der Waals surface area (Å²) in [4.78, 5) is 15.5. The lowest BCUT2D eigenvalue weighted by Gasteiger charge is -2.15. The fraction of sp³-hybridized carbons (Fsp3) is 0.0408. The van der Waals surface area contributed by atoms with E-state index in [1.54, 1.807) is 0 Å². The first-order valence-corrected chi connectivity index (χ1v) is 18.3. The van der Waals surface area contributed by atoms with Crippen LogP contribution >= 0.6 is 0 Å². The highest BCUT2D eigenvalue weighted by molar-refractivity contribution is 6.18. The first-order valence-electron chi connectivity index (χ1n) is 18.3. The number of fused-ring (bicyclic) bond motifs is 7. The Balaban J connectivity index is 1.15. The summed E-state index contributed by atoms with van der Waals surface area (Å²) in [6.45, 7) is 0. The normalized spacial score (nSPS) is 13.1. The van der Waals surface area contributed by atoms with Crippen LogP contribution in [0.4, 0.5) is 0 Å². The van der Waals surface area contributed by atoms with E-state index in [0.29, 0.717) is 17.5 Å². The highest BCUT2D eigenvalue weighted by atomic mass is 16.3. The summed E-state index contributed by atoms with van der Waals surface area (Å²) in [5, 5.41) is 6.43. The van der Waals surface area contributed by atoms with Gasteiger partial charge in [-0.25, -0.2) is 15.0 Å². The molecule has 11 rings (SSSR count). The zero-order chi connectivity index (χ0) is 35.6. The van der Waals surface area contributed by atoms with Crippen LogP contribution in [0.15, 0.2) is 173 Å². The lowest BCUT2D eigenvalue weighted by molar-refractivity contribution is 0.667. The molecular formula is C49H31N3O2. The Bertz CT molecular complexity index is 3170. The van der Waals surface area contributed by atoms with Crippen LogP contribution in [0.25, 0.3) is 106 Å². The second-order valence-corrected chi connectivity index (χ2v) is 13.8. The summed E-state index contributed by atoms with van der Waals surface area (Å²) in [6, 6.07) is 50.1. The molecule has 0 spiro atoms. The SMILES string of the molecule is C1=CCCC(c2ccc(-c3ccc(-c4nc(-c5ccccc5)nc(-c5cccc6oc7ccccc7c56)n4)c4ccccc34)c3c2oc2ccccc23)=C1. The van der Waals surface area contributed by atoms with Crippen molar-refractivity contribution in [1.82, 2.24) is 15.0 Å². The molecule has 0 amide bonds. The molecular weight excluding hydrogens is 663 g/mol. The zero-order valence-corrected chi connectivity index (χ0v) is 29.2. The number of hydrogen-bond donors (Lipinski definition) is 0. The van der Waals surface area contributed by atoms with Crippen LogP contribution in [0.3, 0.4) is 0 Å². The second-order valence-electron chi connectivity index (χ2n) is 13.8. The van der Waals surface area contributed by atoms with Gasteiger partial charge in [-0.1, -0.05) is 140 Å². The third-order valence-corrected chi connectivity index (χ3v) is 10.7. The zero-order valence-electron chi connectivity index (χ0n) is 29.2. The molecule has 5 heteroatoms. The van der Waals surface area contributed by atoms with Crippen molar-refractivity contribution in [2.45, 2.75) is 12.8 Å². The molecule has 3 heterocycles. The predicted molar refractivity (Wildman–Crippen MR) is 220 cm³/mol. The maximum absolute atomic E-state index is 6.67. The van der Waals surface area contributed by atoms with Crippen LogP contribution in [-0.4, -0.2) is 15.0 Å². The molecule has 5 nitrogen and oxygen atoms in total. The minimum absolute atomic E-state index is 0.596. The van der Waals surface area contributed by atoms with Crippen molar-refractivity contribution >= 4 is 60.2 Å². The van der Waals surface area contributed by atoms with Gasteiger partial charge in [0.2, 0.25) is 0 Å². The smallest absolute Gasteiger partial charge is 0.164 e. The summed E-state index contributed by atoms with van der Waals surface area (Å²) in [5.41, 5.74) is 10.9. The van der Waals surface area contributed by atoms with Crippen molar-refractivity contribution in [1.29, 1.82) is 0 Å². The van der Waals surface area contributed by atoms with E-state index in [4.69, 9.17) is 23.8 Å². The van der Waals surface area contributed by atoms with Gasteiger partial charge in [0, 0.05) is 43.8 Å². The molecule has 0 radical (unpaired) electrons. The number of rotatable bonds is 5. The Labute approximate surface area is 310 Å². The highest BCUT2D eigenvalue weighted by Crippen LogP contribution is 2.45. The average molecular weight is 694 g/mol. The van der Waals surface area contributed by atoms with E-state index in [1.807, 2.05) is 66.7 Å². The van der Waals surface area contributed by atoms with Gasteiger partial charge in [-0.05, 0) is 64.6 Å². The van der Waals surface area contributed by atoms with Crippen molar-refractivity contribution in [3.8, 4) is 45.3 Å². The van der Waals surface area contributed by atoms with Gasteiger partial charge < -0.3 is 8.83 Å². The van der Waals surface area contributed by atoms with Crippen LogP contribution in [0.5, 0.6) is 0 Å². The summed E-state index contributed by atoms with van der Waals surface area (Å²) in [5.74, 6) is 1.82. The maximum atomic E-state index is 6.67. The Morgan fingerprint density at radius 3 is 1.78 bits per heavy atom.